The molecule has 1 unspecified atom stereocenters. The van der Waals surface area contributed by atoms with Crippen molar-refractivity contribution in [2.45, 2.75) is 13.0 Å². The lowest BCUT2D eigenvalue weighted by Crippen LogP contribution is -2.30. The molecule has 1 atom stereocenters. The number of nitrogens with one attached hydrogen (secondary N) is 1. The van der Waals surface area contributed by atoms with Crippen LogP contribution in [0.1, 0.15) is 6.92 Å². The van der Waals surface area contributed by atoms with Crippen molar-refractivity contribution >= 4 is 11.6 Å². The van der Waals surface area contributed by atoms with E-state index in [-0.39, 0.29) is 5.91 Å². The van der Waals surface area contributed by atoms with Crippen LogP contribution in [0.15, 0.2) is 72.8 Å². The van der Waals surface area contributed by atoms with Gasteiger partial charge >= 0.3 is 0 Å². The Balaban J connectivity index is 1.66. The summed E-state index contributed by atoms with van der Waals surface area (Å²) in [5.74, 6) is 1.52. The van der Waals surface area contributed by atoms with Crippen molar-refractivity contribution in [1.82, 2.24) is 0 Å². The van der Waals surface area contributed by atoms with E-state index < -0.39 is 6.10 Å². The minimum Gasteiger partial charge on any atom is -0.497 e. The number of methoxy groups -OCH3 is 2. The fraction of sp³-hybridized carbons (Fsp3) is 0.174. The van der Waals surface area contributed by atoms with Gasteiger partial charge in [-0.05, 0) is 42.3 Å². The number of ether oxygens (including phenoxy) is 3. The lowest BCUT2D eigenvalue weighted by molar-refractivity contribution is -0.122. The van der Waals surface area contributed by atoms with Crippen LogP contribution in [0.5, 0.6) is 17.2 Å². The van der Waals surface area contributed by atoms with Gasteiger partial charge in [-0.1, -0.05) is 42.5 Å². The fourth-order valence-electron chi connectivity index (χ4n) is 2.76. The zero-order valence-corrected chi connectivity index (χ0v) is 16.1. The highest BCUT2D eigenvalue weighted by Gasteiger charge is 2.17. The maximum atomic E-state index is 12.5. The summed E-state index contributed by atoms with van der Waals surface area (Å²) in [6.07, 6.45) is -0.682. The molecule has 0 spiro atoms. The average molecular weight is 377 g/mol. The lowest BCUT2D eigenvalue weighted by atomic mass is 10.1. The van der Waals surface area contributed by atoms with Crippen LogP contribution in [-0.2, 0) is 4.79 Å². The molecule has 3 aromatic carbocycles. The van der Waals surface area contributed by atoms with Crippen molar-refractivity contribution in [3.63, 3.8) is 0 Å². The average Bonchev–Trinajstić information content (AvgIpc) is 2.74. The lowest BCUT2D eigenvalue weighted by Gasteiger charge is -2.17. The van der Waals surface area contributed by atoms with Crippen LogP contribution >= 0.6 is 0 Å². The minimum absolute atomic E-state index is 0.279. The van der Waals surface area contributed by atoms with Crippen LogP contribution in [0.4, 0.5) is 5.69 Å². The van der Waals surface area contributed by atoms with Gasteiger partial charge in [0, 0.05) is 6.07 Å². The summed E-state index contributed by atoms with van der Waals surface area (Å²) in [5.41, 5.74) is 2.75. The first kappa shape index (κ1) is 19.3. The molecule has 0 saturated heterocycles. The highest BCUT2D eigenvalue weighted by molar-refractivity contribution is 5.95. The van der Waals surface area contributed by atoms with Crippen molar-refractivity contribution in [1.29, 1.82) is 0 Å². The van der Waals surface area contributed by atoms with Crippen LogP contribution in [0.25, 0.3) is 11.1 Å². The molecule has 1 N–H and O–H groups in total. The number of anilines is 1. The molecule has 1 amide bonds. The smallest absolute Gasteiger partial charge is 0.265 e. The molecule has 28 heavy (non-hydrogen) atoms. The van der Waals surface area contributed by atoms with E-state index in [4.69, 9.17) is 14.2 Å². The van der Waals surface area contributed by atoms with E-state index in [1.807, 2.05) is 54.6 Å². The van der Waals surface area contributed by atoms with Crippen molar-refractivity contribution < 1.29 is 19.0 Å². The molecule has 3 rings (SSSR count). The first-order chi connectivity index (χ1) is 13.6. The topological polar surface area (TPSA) is 56.8 Å². The molecule has 0 bridgehead atoms. The Bertz CT molecular complexity index is 923. The van der Waals surface area contributed by atoms with Crippen LogP contribution in [0.2, 0.25) is 0 Å². The van der Waals surface area contributed by atoms with E-state index in [1.165, 1.54) is 0 Å². The van der Waals surface area contributed by atoms with Crippen molar-refractivity contribution in [2.24, 2.45) is 0 Å². The van der Waals surface area contributed by atoms with Crippen LogP contribution in [-0.4, -0.2) is 26.2 Å². The highest BCUT2D eigenvalue weighted by Crippen LogP contribution is 2.29. The first-order valence-corrected chi connectivity index (χ1v) is 8.95. The molecule has 0 aromatic heterocycles. The van der Waals surface area contributed by atoms with Crippen LogP contribution < -0.4 is 19.5 Å². The molecule has 0 aliphatic carbocycles. The van der Waals surface area contributed by atoms with Crippen LogP contribution in [0, 0.1) is 0 Å². The van der Waals surface area contributed by atoms with Gasteiger partial charge in [0.1, 0.15) is 17.2 Å². The fourth-order valence-corrected chi connectivity index (χ4v) is 2.76. The number of hydrogen-bond donors (Lipinski definition) is 1. The van der Waals surface area contributed by atoms with E-state index in [0.29, 0.717) is 22.9 Å². The summed E-state index contributed by atoms with van der Waals surface area (Å²) in [6, 6.07) is 23.0. The Morgan fingerprint density at radius 1 is 0.821 bits per heavy atom. The molecule has 3 aromatic rings. The second kappa shape index (κ2) is 8.95. The van der Waals surface area contributed by atoms with Gasteiger partial charge in [-0.25, -0.2) is 0 Å². The summed E-state index contributed by atoms with van der Waals surface area (Å²) < 4.78 is 16.3. The Hall–Kier alpha value is -3.47. The molecule has 144 valence electrons. The summed E-state index contributed by atoms with van der Waals surface area (Å²) in [6.45, 7) is 1.70. The number of carbonyl (C=O) groups excluding carboxylic acids is 1. The Morgan fingerprint density at radius 3 is 2.11 bits per heavy atom. The number of amides is 1. The third-order valence-corrected chi connectivity index (χ3v) is 4.31. The SMILES string of the molecule is COc1ccc(OC)c(NC(=O)C(C)Oc2ccc(-c3ccccc3)cc2)c1. The molecule has 5 nitrogen and oxygen atoms in total. The van der Waals surface area contributed by atoms with Gasteiger partial charge < -0.3 is 19.5 Å². The van der Waals surface area contributed by atoms with E-state index in [1.54, 1.807) is 39.3 Å². The number of carbonyl (C=O) groups is 1. The highest BCUT2D eigenvalue weighted by atomic mass is 16.5. The molecule has 0 radical (unpaired) electrons. The molecular formula is C23H23NO4. The van der Waals surface area contributed by atoms with Gasteiger partial charge in [0.15, 0.2) is 6.10 Å². The predicted octanol–water partition coefficient (Wildman–Crippen LogP) is 4.78. The van der Waals surface area contributed by atoms with Crippen molar-refractivity contribution in [3.8, 4) is 28.4 Å². The molecule has 0 aliphatic rings. The quantitative estimate of drug-likeness (QED) is 0.644. The summed E-state index contributed by atoms with van der Waals surface area (Å²) in [7, 11) is 3.12. The van der Waals surface area contributed by atoms with E-state index >= 15 is 0 Å². The van der Waals surface area contributed by atoms with Gasteiger partial charge in [-0.15, -0.1) is 0 Å². The molecule has 0 saturated carbocycles. The summed E-state index contributed by atoms with van der Waals surface area (Å²) >= 11 is 0. The minimum atomic E-state index is -0.682. The Labute approximate surface area is 164 Å². The third kappa shape index (κ3) is 4.62. The number of hydrogen-bond acceptors (Lipinski definition) is 4. The van der Waals surface area contributed by atoms with Gasteiger partial charge in [0.25, 0.3) is 5.91 Å². The second-order valence-electron chi connectivity index (χ2n) is 6.21. The predicted molar refractivity (Wildman–Crippen MR) is 110 cm³/mol. The van der Waals surface area contributed by atoms with Gasteiger partial charge in [0.2, 0.25) is 0 Å². The van der Waals surface area contributed by atoms with Crippen LogP contribution in [0.3, 0.4) is 0 Å². The molecule has 5 heteroatoms. The Kier molecular flexibility index (Phi) is 6.17. The van der Waals surface area contributed by atoms with Gasteiger partial charge in [-0.3, -0.25) is 4.79 Å². The maximum absolute atomic E-state index is 12.5. The standard InChI is InChI=1S/C23H23NO4/c1-16(23(25)24-21-15-20(26-2)13-14-22(21)27-3)28-19-11-9-18(10-12-19)17-7-5-4-6-8-17/h4-16H,1-3H3,(H,24,25). The van der Waals surface area contributed by atoms with Crippen molar-refractivity contribution in [2.75, 3.05) is 19.5 Å². The number of rotatable bonds is 7. The Morgan fingerprint density at radius 2 is 1.46 bits per heavy atom. The first-order valence-electron chi connectivity index (χ1n) is 8.95. The van der Waals surface area contributed by atoms with E-state index in [0.717, 1.165) is 11.1 Å². The monoisotopic (exact) mass is 377 g/mol. The molecule has 0 aliphatic heterocycles. The largest absolute Gasteiger partial charge is 0.497 e. The van der Waals surface area contributed by atoms with E-state index in [2.05, 4.69) is 5.32 Å². The third-order valence-electron chi connectivity index (χ3n) is 4.31. The summed E-state index contributed by atoms with van der Waals surface area (Å²) in [4.78, 5) is 12.5. The molecular weight excluding hydrogens is 354 g/mol. The molecule has 0 fully saturated rings. The van der Waals surface area contributed by atoms with E-state index in [9.17, 15) is 4.79 Å². The van der Waals surface area contributed by atoms with Crippen molar-refractivity contribution in [3.05, 3.63) is 72.8 Å². The van der Waals surface area contributed by atoms with Gasteiger partial charge in [-0.2, -0.15) is 0 Å². The molecule has 0 heterocycles. The maximum Gasteiger partial charge on any atom is 0.265 e. The zero-order valence-electron chi connectivity index (χ0n) is 16.1. The zero-order chi connectivity index (χ0) is 19.9. The number of benzene rings is 3. The second-order valence-corrected chi connectivity index (χ2v) is 6.21. The van der Waals surface area contributed by atoms with Gasteiger partial charge in [0.05, 0.1) is 19.9 Å². The summed E-state index contributed by atoms with van der Waals surface area (Å²) in [5, 5.41) is 2.82. The normalized spacial score (nSPS) is 11.4.